The topological polar surface area (TPSA) is 84.9 Å². The van der Waals surface area contributed by atoms with Crippen LogP contribution >= 0.6 is 11.6 Å². The molecule has 1 saturated carbocycles. The summed E-state index contributed by atoms with van der Waals surface area (Å²) in [7, 11) is -2.25. The number of carbonyl (C=O) groups is 1. The van der Waals surface area contributed by atoms with Crippen molar-refractivity contribution in [3.05, 3.63) is 77.3 Å². The Morgan fingerprint density at radius 2 is 1.76 bits per heavy atom. The molecule has 37 heavy (non-hydrogen) atoms. The van der Waals surface area contributed by atoms with E-state index in [9.17, 15) is 13.2 Å². The van der Waals surface area contributed by atoms with Crippen molar-refractivity contribution in [3.63, 3.8) is 0 Å². The summed E-state index contributed by atoms with van der Waals surface area (Å²) >= 11 is 6.09. The van der Waals surface area contributed by atoms with Crippen molar-refractivity contribution in [2.45, 2.75) is 49.0 Å². The number of carbonyl (C=O) groups excluding carboxylic acids is 1. The summed E-state index contributed by atoms with van der Waals surface area (Å²) in [6.45, 7) is 0.481. The Kier molecular flexibility index (Phi) is 7.31. The normalized spacial score (nSPS) is 18.3. The standard InChI is InChI=1S/C28H29ClN2O5S/c1-35-25-14-13-19(15-26(25)36-23-9-2-3-10-23)20-16-28(32)31(18-20)22-8-6-7-21(17-22)30-37(33,34)27-12-5-4-11-24(27)29/h4-8,11-15,17,20,23,30H,2-3,9-10,16,18H2,1H3/t20-/m0/s1. The van der Waals surface area contributed by atoms with Gasteiger partial charge in [-0.2, -0.15) is 0 Å². The molecule has 2 fully saturated rings. The molecular weight excluding hydrogens is 512 g/mol. The molecule has 1 aliphatic heterocycles. The van der Waals surface area contributed by atoms with Crippen molar-refractivity contribution < 1.29 is 22.7 Å². The highest BCUT2D eigenvalue weighted by atomic mass is 35.5. The fraction of sp³-hybridized carbons (Fsp3) is 0.321. The molecule has 0 bridgehead atoms. The van der Waals surface area contributed by atoms with Gasteiger partial charge < -0.3 is 14.4 Å². The number of rotatable bonds is 8. The van der Waals surface area contributed by atoms with E-state index in [1.807, 2.05) is 18.2 Å². The minimum absolute atomic E-state index is 0.00508. The number of ether oxygens (including phenoxy) is 2. The third-order valence-corrected chi connectivity index (χ3v) is 8.80. The van der Waals surface area contributed by atoms with Crippen molar-refractivity contribution in [2.75, 3.05) is 23.3 Å². The highest BCUT2D eigenvalue weighted by molar-refractivity contribution is 7.92. The van der Waals surface area contributed by atoms with E-state index in [1.165, 1.54) is 25.0 Å². The van der Waals surface area contributed by atoms with Crippen LogP contribution < -0.4 is 19.1 Å². The number of amides is 1. The maximum atomic E-state index is 13.0. The maximum absolute atomic E-state index is 13.0. The van der Waals surface area contributed by atoms with Gasteiger partial charge in [-0.25, -0.2) is 8.42 Å². The smallest absolute Gasteiger partial charge is 0.263 e. The zero-order valence-electron chi connectivity index (χ0n) is 20.5. The Morgan fingerprint density at radius 3 is 2.51 bits per heavy atom. The summed E-state index contributed by atoms with van der Waals surface area (Å²) < 4.78 is 40.1. The van der Waals surface area contributed by atoms with E-state index in [0.717, 1.165) is 18.4 Å². The van der Waals surface area contributed by atoms with Gasteiger partial charge in [0.05, 0.1) is 23.9 Å². The number of hydrogen-bond acceptors (Lipinski definition) is 5. The van der Waals surface area contributed by atoms with E-state index in [2.05, 4.69) is 4.72 Å². The second kappa shape index (κ2) is 10.6. The largest absolute Gasteiger partial charge is 0.493 e. The van der Waals surface area contributed by atoms with E-state index >= 15 is 0 Å². The molecule has 0 spiro atoms. The number of sulfonamides is 1. The van der Waals surface area contributed by atoms with Crippen LogP contribution in [0.2, 0.25) is 5.02 Å². The van der Waals surface area contributed by atoms with E-state index in [0.29, 0.717) is 35.8 Å². The molecule has 0 radical (unpaired) electrons. The highest BCUT2D eigenvalue weighted by Gasteiger charge is 2.32. The molecule has 0 unspecified atom stereocenters. The molecule has 9 heteroatoms. The maximum Gasteiger partial charge on any atom is 0.263 e. The molecule has 0 aromatic heterocycles. The lowest BCUT2D eigenvalue weighted by Gasteiger charge is -2.20. The molecular formula is C28H29ClN2O5S. The van der Waals surface area contributed by atoms with Gasteiger partial charge in [0.1, 0.15) is 4.90 Å². The number of benzene rings is 3. The molecule has 2 aliphatic rings. The molecule has 3 aromatic carbocycles. The second-order valence-corrected chi connectivity index (χ2v) is 11.5. The average Bonchev–Trinajstić information content (AvgIpc) is 3.53. The Balaban J connectivity index is 1.34. The minimum Gasteiger partial charge on any atom is -0.493 e. The number of anilines is 2. The van der Waals surface area contributed by atoms with Crippen molar-refractivity contribution in [1.82, 2.24) is 0 Å². The zero-order chi connectivity index (χ0) is 26.0. The summed E-state index contributed by atoms with van der Waals surface area (Å²) in [5.41, 5.74) is 1.99. The number of halogens is 1. The van der Waals surface area contributed by atoms with Gasteiger partial charge >= 0.3 is 0 Å². The molecule has 1 saturated heterocycles. The Hall–Kier alpha value is -3.23. The molecule has 194 valence electrons. The molecule has 1 atom stereocenters. The lowest BCUT2D eigenvalue weighted by atomic mass is 9.98. The van der Waals surface area contributed by atoms with Gasteiger partial charge in [0.25, 0.3) is 10.0 Å². The molecule has 7 nitrogen and oxygen atoms in total. The van der Waals surface area contributed by atoms with Crippen LogP contribution in [0.4, 0.5) is 11.4 Å². The minimum atomic E-state index is -3.88. The molecule has 1 aliphatic carbocycles. The van der Waals surface area contributed by atoms with E-state index in [1.54, 1.807) is 48.4 Å². The fourth-order valence-electron chi connectivity index (χ4n) is 5.02. The first kappa shape index (κ1) is 25.4. The monoisotopic (exact) mass is 540 g/mol. The lowest BCUT2D eigenvalue weighted by Crippen LogP contribution is -2.24. The summed E-state index contributed by atoms with van der Waals surface area (Å²) in [5, 5.41) is 0.138. The van der Waals surface area contributed by atoms with Crippen molar-refractivity contribution in [3.8, 4) is 11.5 Å². The quantitative estimate of drug-likeness (QED) is 0.379. The third kappa shape index (κ3) is 5.55. The van der Waals surface area contributed by atoms with Crippen LogP contribution in [0.25, 0.3) is 0 Å². The summed E-state index contributed by atoms with van der Waals surface area (Å²) in [4.78, 5) is 14.7. The van der Waals surface area contributed by atoms with E-state index in [4.69, 9.17) is 21.1 Å². The van der Waals surface area contributed by atoms with Crippen LogP contribution in [0, 0.1) is 0 Å². The van der Waals surface area contributed by atoms with Gasteiger partial charge in [-0.3, -0.25) is 9.52 Å². The van der Waals surface area contributed by atoms with Gasteiger partial charge in [0, 0.05) is 24.6 Å². The van der Waals surface area contributed by atoms with Crippen LogP contribution in [0.3, 0.4) is 0 Å². The predicted molar refractivity (Wildman–Crippen MR) is 144 cm³/mol. The zero-order valence-corrected chi connectivity index (χ0v) is 22.1. The van der Waals surface area contributed by atoms with Gasteiger partial charge in [0.2, 0.25) is 5.91 Å². The third-order valence-electron chi connectivity index (χ3n) is 6.92. The Labute approximate surface area is 222 Å². The van der Waals surface area contributed by atoms with E-state index < -0.39 is 10.0 Å². The van der Waals surface area contributed by atoms with Crippen LogP contribution in [0.15, 0.2) is 71.6 Å². The summed E-state index contributed by atoms with van der Waals surface area (Å²) in [5.74, 6) is 1.36. The van der Waals surface area contributed by atoms with Gasteiger partial charge in [-0.15, -0.1) is 0 Å². The lowest BCUT2D eigenvalue weighted by molar-refractivity contribution is -0.117. The predicted octanol–water partition coefficient (Wildman–Crippen LogP) is 5.99. The molecule has 1 N–H and O–H groups in total. The summed E-state index contributed by atoms with van der Waals surface area (Å²) in [6, 6.07) is 19.0. The molecule has 5 rings (SSSR count). The first-order chi connectivity index (χ1) is 17.8. The Bertz CT molecular complexity index is 1410. The SMILES string of the molecule is COc1ccc([C@H]2CC(=O)N(c3cccc(NS(=O)(=O)c4ccccc4Cl)c3)C2)cc1OC1CCCC1. The first-order valence-electron chi connectivity index (χ1n) is 12.4. The van der Waals surface area contributed by atoms with Crippen LogP contribution in [0.5, 0.6) is 11.5 Å². The van der Waals surface area contributed by atoms with Gasteiger partial charge in [-0.05, 0) is 73.7 Å². The van der Waals surface area contributed by atoms with Crippen molar-refractivity contribution in [1.29, 1.82) is 0 Å². The number of hydrogen-bond donors (Lipinski definition) is 1. The van der Waals surface area contributed by atoms with Crippen LogP contribution in [-0.2, 0) is 14.8 Å². The number of methoxy groups -OCH3 is 1. The Morgan fingerprint density at radius 1 is 0.973 bits per heavy atom. The number of nitrogens with zero attached hydrogens (tertiary/aromatic N) is 1. The number of nitrogens with one attached hydrogen (secondary N) is 1. The molecule has 1 heterocycles. The van der Waals surface area contributed by atoms with E-state index in [-0.39, 0.29) is 27.8 Å². The highest BCUT2D eigenvalue weighted by Crippen LogP contribution is 2.38. The van der Waals surface area contributed by atoms with Crippen molar-refractivity contribution >= 4 is 38.9 Å². The summed E-state index contributed by atoms with van der Waals surface area (Å²) in [6.07, 6.45) is 4.98. The molecule has 3 aromatic rings. The van der Waals surface area contributed by atoms with Crippen LogP contribution in [0.1, 0.15) is 43.6 Å². The van der Waals surface area contributed by atoms with Crippen molar-refractivity contribution in [2.24, 2.45) is 0 Å². The van der Waals surface area contributed by atoms with Crippen LogP contribution in [-0.4, -0.2) is 34.1 Å². The fourth-order valence-corrected chi connectivity index (χ4v) is 6.59. The first-order valence-corrected chi connectivity index (χ1v) is 14.2. The second-order valence-electron chi connectivity index (χ2n) is 9.43. The van der Waals surface area contributed by atoms with Gasteiger partial charge in [0.15, 0.2) is 11.5 Å². The average molecular weight is 541 g/mol. The molecule has 1 amide bonds. The van der Waals surface area contributed by atoms with Gasteiger partial charge in [-0.1, -0.05) is 35.9 Å².